The number of hydrogen-bond donors (Lipinski definition) is 1. The maximum atomic E-state index is 4.60. The van der Waals surface area contributed by atoms with E-state index < -0.39 is 0 Å². The van der Waals surface area contributed by atoms with Crippen LogP contribution in [0.3, 0.4) is 0 Å². The third-order valence-corrected chi connectivity index (χ3v) is 3.57. The van der Waals surface area contributed by atoms with Crippen LogP contribution in [0, 0.1) is 5.92 Å². The van der Waals surface area contributed by atoms with Crippen molar-refractivity contribution in [2.45, 2.75) is 39.7 Å². The van der Waals surface area contributed by atoms with E-state index in [1.54, 1.807) is 0 Å². The Balaban J connectivity index is 2.06. The van der Waals surface area contributed by atoms with E-state index >= 15 is 0 Å². The summed E-state index contributed by atoms with van der Waals surface area (Å²) in [7, 11) is 0. The van der Waals surface area contributed by atoms with Crippen LogP contribution in [0.25, 0.3) is 0 Å². The minimum Gasteiger partial charge on any atom is -0.356 e. The van der Waals surface area contributed by atoms with Gasteiger partial charge in [0.1, 0.15) is 5.82 Å². The normalized spacial score (nSPS) is 20.1. The van der Waals surface area contributed by atoms with Gasteiger partial charge in [-0.25, -0.2) is 4.98 Å². The van der Waals surface area contributed by atoms with Crippen LogP contribution in [0.2, 0.25) is 0 Å². The van der Waals surface area contributed by atoms with Gasteiger partial charge < -0.3 is 10.2 Å². The molecule has 0 amide bonds. The van der Waals surface area contributed by atoms with Gasteiger partial charge in [-0.05, 0) is 37.8 Å². The lowest BCUT2D eigenvalue weighted by molar-refractivity contribution is 0.443. The summed E-state index contributed by atoms with van der Waals surface area (Å²) in [5.74, 6) is 1.98. The zero-order valence-electron chi connectivity index (χ0n) is 11.7. The van der Waals surface area contributed by atoms with Crippen molar-refractivity contribution < 1.29 is 0 Å². The molecule has 0 saturated carbocycles. The number of nitrogens with zero attached hydrogens (tertiary/aromatic N) is 2. The first-order chi connectivity index (χ1) is 8.81. The van der Waals surface area contributed by atoms with Gasteiger partial charge in [-0.2, -0.15) is 0 Å². The monoisotopic (exact) mass is 247 g/mol. The molecule has 1 aromatic rings. The highest BCUT2D eigenvalue weighted by Crippen LogP contribution is 2.24. The predicted octanol–water partition coefficient (Wildman–Crippen LogP) is 2.82. The topological polar surface area (TPSA) is 28.2 Å². The van der Waals surface area contributed by atoms with E-state index in [1.807, 2.05) is 12.3 Å². The first kappa shape index (κ1) is 13.3. The molecule has 0 spiro atoms. The summed E-state index contributed by atoms with van der Waals surface area (Å²) >= 11 is 0. The molecule has 3 nitrogen and oxygen atoms in total. The summed E-state index contributed by atoms with van der Waals surface area (Å²) in [4.78, 5) is 7.06. The number of rotatable bonds is 5. The molecule has 1 unspecified atom stereocenters. The van der Waals surface area contributed by atoms with Gasteiger partial charge >= 0.3 is 0 Å². The third-order valence-electron chi connectivity index (χ3n) is 3.57. The highest BCUT2D eigenvalue weighted by Gasteiger charge is 2.19. The predicted molar refractivity (Wildman–Crippen MR) is 76.8 cm³/mol. The Bertz CT molecular complexity index is 365. The maximum absolute atomic E-state index is 4.60. The first-order valence-electron chi connectivity index (χ1n) is 7.20. The van der Waals surface area contributed by atoms with Crippen molar-refractivity contribution in [2.24, 2.45) is 5.92 Å². The minimum atomic E-state index is 0.789. The molecule has 18 heavy (non-hydrogen) atoms. The molecule has 1 aromatic heterocycles. The van der Waals surface area contributed by atoms with Crippen LogP contribution in [0.5, 0.6) is 0 Å². The van der Waals surface area contributed by atoms with Crippen LogP contribution in [-0.2, 0) is 6.54 Å². The van der Waals surface area contributed by atoms with Gasteiger partial charge in [-0.3, -0.25) is 0 Å². The van der Waals surface area contributed by atoms with Crippen molar-refractivity contribution in [2.75, 3.05) is 24.5 Å². The van der Waals surface area contributed by atoms with Gasteiger partial charge in [0.25, 0.3) is 0 Å². The number of aromatic nitrogens is 1. The molecule has 2 rings (SSSR count). The van der Waals surface area contributed by atoms with Crippen molar-refractivity contribution >= 4 is 5.82 Å². The second kappa shape index (κ2) is 6.74. The van der Waals surface area contributed by atoms with Crippen LogP contribution in [0.1, 0.15) is 38.7 Å². The molecule has 1 fully saturated rings. The fourth-order valence-corrected chi connectivity index (χ4v) is 2.63. The second-order valence-corrected chi connectivity index (χ2v) is 5.36. The number of pyridine rings is 1. The van der Waals surface area contributed by atoms with Crippen molar-refractivity contribution in [3.8, 4) is 0 Å². The molecule has 2 heterocycles. The van der Waals surface area contributed by atoms with Gasteiger partial charge in [0.05, 0.1) is 0 Å². The van der Waals surface area contributed by atoms with Gasteiger partial charge in [0, 0.05) is 31.4 Å². The number of hydrogen-bond acceptors (Lipinski definition) is 3. The van der Waals surface area contributed by atoms with E-state index in [9.17, 15) is 0 Å². The van der Waals surface area contributed by atoms with Crippen LogP contribution >= 0.6 is 0 Å². The fraction of sp³-hybridized carbons (Fsp3) is 0.667. The second-order valence-electron chi connectivity index (χ2n) is 5.36. The minimum absolute atomic E-state index is 0.789. The van der Waals surface area contributed by atoms with Gasteiger partial charge in [0.2, 0.25) is 0 Å². The van der Waals surface area contributed by atoms with Gasteiger partial charge in [0.15, 0.2) is 0 Å². The van der Waals surface area contributed by atoms with Gasteiger partial charge in [-0.15, -0.1) is 0 Å². The lowest BCUT2D eigenvalue weighted by atomic mass is 10.00. The lowest BCUT2D eigenvalue weighted by Gasteiger charge is -2.33. The Morgan fingerprint density at radius 1 is 1.50 bits per heavy atom. The third kappa shape index (κ3) is 3.45. The Labute approximate surface area is 111 Å². The smallest absolute Gasteiger partial charge is 0.133 e. The molecule has 100 valence electrons. The molecule has 0 aromatic carbocycles. The summed E-state index contributed by atoms with van der Waals surface area (Å²) in [5, 5.41) is 3.48. The van der Waals surface area contributed by atoms with E-state index in [0.717, 1.165) is 32.1 Å². The number of anilines is 1. The highest BCUT2D eigenvalue weighted by atomic mass is 15.2. The van der Waals surface area contributed by atoms with Crippen molar-refractivity contribution in [3.05, 3.63) is 23.9 Å². The molecule has 1 atom stereocenters. The maximum Gasteiger partial charge on any atom is 0.133 e. The molecular weight excluding hydrogens is 222 g/mol. The Morgan fingerprint density at radius 3 is 3.17 bits per heavy atom. The molecule has 1 aliphatic rings. The molecule has 1 aliphatic heterocycles. The first-order valence-corrected chi connectivity index (χ1v) is 7.20. The Hall–Kier alpha value is -1.09. The lowest BCUT2D eigenvalue weighted by Crippen LogP contribution is -2.35. The Kier molecular flexibility index (Phi) is 5.00. The van der Waals surface area contributed by atoms with E-state index in [1.165, 1.54) is 30.6 Å². The Morgan fingerprint density at radius 2 is 2.39 bits per heavy atom. The summed E-state index contributed by atoms with van der Waals surface area (Å²) in [6, 6.07) is 4.24. The average molecular weight is 247 g/mol. The van der Waals surface area contributed by atoms with Crippen LogP contribution in [-0.4, -0.2) is 24.6 Å². The van der Waals surface area contributed by atoms with E-state index in [-0.39, 0.29) is 0 Å². The summed E-state index contributed by atoms with van der Waals surface area (Å²) < 4.78 is 0. The molecular formula is C15H25N3. The zero-order chi connectivity index (χ0) is 12.8. The molecule has 1 N–H and O–H groups in total. The van der Waals surface area contributed by atoms with Crippen LogP contribution in [0.15, 0.2) is 18.3 Å². The number of piperidine rings is 1. The summed E-state index contributed by atoms with van der Waals surface area (Å²) in [6.45, 7) is 8.85. The average Bonchev–Trinajstić information content (AvgIpc) is 2.40. The molecule has 3 heteroatoms. The van der Waals surface area contributed by atoms with Gasteiger partial charge in [-0.1, -0.05) is 19.9 Å². The number of nitrogens with one attached hydrogen (secondary N) is 1. The largest absolute Gasteiger partial charge is 0.356 e. The molecule has 0 aliphatic carbocycles. The van der Waals surface area contributed by atoms with Crippen molar-refractivity contribution in [1.82, 2.24) is 10.3 Å². The van der Waals surface area contributed by atoms with Crippen LogP contribution < -0.4 is 10.2 Å². The zero-order valence-corrected chi connectivity index (χ0v) is 11.7. The highest BCUT2D eigenvalue weighted by molar-refractivity contribution is 5.47. The van der Waals surface area contributed by atoms with E-state index in [2.05, 4.69) is 35.1 Å². The SMILES string of the molecule is CCCNCc1cccnc1N1CCCC(C)C1. The fourth-order valence-electron chi connectivity index (χ4n) is 2.63. The standard InChI is InChI=1S/C15H25N3/c1-3-8-16-11-14-7-4-9-17-15(14)18-10-5-6-13(2)12-18/h4,7,9,13,16H,3,5-6,8,10-12H2,1-2H3. The van der Waals surface area contributed by atoms with E-state index in [4.69, 9.17) is 0 Å². The molecule has 0 bridgehead atoms. The summed E-state index contributed by atoms with van der Waals surface area (Å²) in [5.41, 5.74) is 1.33. The quantitative estimate of drug-likeness (QED) is 0.811. The summed E-state index contributed by atoms with van der Waals surface area (Å²) in [6.07, 6.45) is 5.74. The molecule has 1 saturated heterocycles. The van der Waals surface area contributed by atoms with Crippen molar-refractivity contribution in [1.29, 1.82) is 0 Å². The van der Waals surface area contributed by atoms with Crippen LogP contribution in [0.4, 0.5) is 5.82 Å². The molecule has 0 radical (unpaired) electrons. The van der Waals surface area contributed by atoms with E-state index in [0.29, 0.717) is 0 Å². The van der Waals surface area contributed by atoms with Crippen molar-refractivity contribution in [3.63, 3.8) is 0 Å².